The Kier molecular flexibility index (Phi) is 4.17. The summed E-state index contributed by atoms with van der Waals surface area (Å²) >= 11 is 0. The van der Waals surface area contributed by atoms with Crippen molar-refractivity contribution in [3.05, 3.63) is 17.5 Å². The van der Waals surface area contributed by atoms with Gasteiger partial charge in [0, 0.05) is 18.3 Å². The second-order valence-electron chi connectivity index (χ2n) is 5.32. The Morgan fingerprint density at radius 2 is 2.20 bits per heavy atom. The molecule has 0 saturated carbocycles. The van der Waals surface area contributed by atoms with Crippen LogP contribution in [-0.2, 0) is 21.2 Å². The Morgan fingerprint density at radius 1 is 1.50 bits per heavy atom. The topological polar surface area (TPSA) is 72.3 Å². The molecule has 2 heterocycles. The van der Waals surface area contributed by atoms with E-state index < -0.39 is 9.84 Å². The predicted molar refractivity (Wildman–Crippen MR) is 76.1 cm³/mol. The molecule has 112 valence electrons. The van der Waals surface area contributed by atoms with Gasteiger partial charge in [-0.2, -0.15) is 5.10 Å². The van der Waals surface area contributed by atoms with E-state index in [0.717, 1.165) is 11.4 Å². The molecular weight excluding hydrogens is 278 g/mol. The molecular formula is C13H21N3O3S. The zero-order chi connectivity index (χ0) is 14.9. The number of carbonyl (C=O) groups excluding carboxylic acids is 1. The van der Waals surface area contributed by atoms with Crippen LogP contribution in [0, 0.1) is 13.8 Å². The summed E-state index contributed by atoms with van der Waals surface area (Å²) in [5.74, 6) is 0.200. The van der Waals surface area contributed by atoms with Crippen LogP contribution in [0.5, 0.6) is 0 Å². The summed E-state index contributed by atoms with van der Waals surface area (Å²) in [5, 5.41) is 4.27. The Morgan fingerprint density at radius 3 is 2.65 bits per heavy atom. The molecule has 6 nitrogen and oxygen atoms in total. The molecule has 1 fully saturated rings. The minimum Gasteiger partial charge on any atom is -0.337 e. The van der Waals surface area contributed by atoms with Gasteiger partial charge < -0.3 is 4.90 Å². The van der Waals surface area contributed by atoms with Crippen LogP contribution in [0.4, 0.5) is 0 Å². The summed E-state index contributed by atoms with van der Waals surface area (Å²) in [4.78, 5) is 14.0. The van der Waals surface area contributed by atoms with Crippen molar-refractivity contribution in [2.24, 2.45) is 0 Å². The molecule has 0 aliphatic carbocycles. The van der Waals surface area contributed by atoms with Gasteiger partial charge in [-0.15, -0.1) is 0 Å². The number of nitrogens with zero attached hydrogens (tertiary/aromatic N) is 3. The van der Waals surface area contributed by atoms with Crippen LogP contribution in [0.15, 0.2) is 6.07 Å². The predicted octanol–water partition coefficient (Wildman–Crippen LogP) is 0.536. The quantitative estimate of drug-likeness (QED) is 0.813. The molecule has 1 atom stereocenters. The number of sulfone groups is 1. The lowest BCUT2D eigenvalue weighted by Crippen LogP contribution is -2.42. The first-order valence-electron chi connectivity index (χ1n) is 6.83. The fourth-order valence-electron chi connectivity index (χ4n) is 2.71. The van der Waals surface area contributed by atoms with E-state index in [9.17, 15) is 13.2 Å². The van der Waals surface area contributed by atoms with E-state index >= 15 is 0 Å². The summed E-state index contributed by atoms with van der Waals surface area (Å²) in [6.45, 7) is 6.37. The maximum atomic E-state index is 12.4. The minimum absolute atomic E-state index is 0.0687. The Hall–Kier alpha value is -1.37. The Labute approximate surface area is 119 Å². The lowest BCUT2D eigenvalue weighted by atomic mass is 10.2. The van der Waals surface area contributed by atoms with Crippen molar-refractivity contribution in [3.8, 4) is 0 Å². The van der Waals surface area contributed by atoms with Crippen LogP contribution in [0.2, 0.25) is 0 Å². The van der Waals surface area contributed by atoms with Gasteiger partial charge in [-0.05, 0) is 33.3 Å². The molecule has 1 aliphatic heterocycles. The lowest BCUT2D eigenvalue weighted by molar-refractivity contribution is -0.133. The Balaban J connectivity index is 2.08. The van der Waals surface area contributed by atoms with Gasteiger partial charge in [0.2, 0.25) is 5.91 Å². The van der Waals surface area contributed by atoms with Crippen molar-refractivity contribution >= 4 is 15.7 Å². The van der Waals surface area contributed by atoms with Crippen LogP contribution >= 0.6 is 0 Å². The Bertz CT molecular complexity index is 606. The molecule has 0 aromatic carbocycles. The summed E-state index contributed by atoms with van der Waals surface area (Å²) in [6, 6.07) is 1.73. The molecule has 0 bridgehead atoms. The third kappa shape index (κ3) is 3.20. The minimum atomic E-state index is -2.98. The number of aryl methyl sites for hydroxylation is 2. The van der Waals surface area contributed by atoms with Gasteiger partial charge in [-0.3, -0.25) is 9.48 Å². The van der Waals surface area contributed by atoms with Crippen molar-refractivity contribution in [2.75, 3.05) is 18.1 Å². The van der Waals surface area contributed by atoms with E-state index in [1.807, 2.05) is 26.8 Å². The van der Waals surface area contributed by atoms with E-state index in [4.69, 9.17) is 0 Å². The molecule has 1 aromatic rings. The summed E-state index contributed by atoms with van der Waals surface area (Å²) in [5.41, 5.74) is 1.81. The molecule has 0 N–H and O–H groups in total. The molecule has 1 unspecified atom stereocenters. The second-order valence-corrected chi connectivity index (χ2v) is 7.55. The SMILES string of the molecule is CCN(C(=O)Cn1nc(C)cc1C)C1CCS(=O)(=O)C1. The highest BCUT2D eigenvalue weighted by atomic mass is 32.2. The normalized spacial score (nSPS) is 21.1. The third-order valence-corrected chi connectivity index (χ3v) is 5.45. The van der Waals surface area contributed by atoms with Gasteiger partial charge in [-0.25, -0.2) is 8.42 Å². The van der Waals surface area contributed by atoms with Gasteiger partial charge in [0.25, 0.3) is 0 Å². The van der Waals surface area contributed by atoms with Gasteiger partial charge in [-0.1, -0.05) is 0 Å². The molecule has 1 aliphatic rings. The van der Waals surface area contributed by atoms with Crippen LogP contribution in [0.3, 0.4) is 0 Å². The third-order valence-electron chi connectivity index (χ3n) is 3.70. The molecule has 0 spiro atoms. The smallest absolute Gasteiger partial charge is 0.244 e. The number of hydrogen-bond acceptors (Lipinski definition) is 4. The lowest BCUT2D eigenvalue weighted by Gasteiger charge is -2.27. The first-order chi connectivity index (χ1) is 9.32. The highest BCUT2D eigenvalue weighted by Gasteiger charge is 2.33. The highest BCUT2D eigenvalue weighted by molar-refractivity contribution is 7.91. The van der Waals surface area contributed by atoms with Crippen molar-refractivity contribution in [1.82, 2.24) is 14.7 Å². The van der Waals surface area contributed by atoms with Crippen LogP contribution in [0.25, 0.3) is 0 Å². The van der Waals surface area contributed by atoms with Crippen LogP contribution in [0.1, 0.15) is 24.7 Å². The van der Waals surface area contributed by atoms with Gasteiger partial charge in [0.1, 0.15) is 6.54 Å². The summed E-state index contributed by atoms with van der Waals surface area (Å²) in [6.07, 6.45) is 0.541. The maximum Gasteiger partial charge on any atom is 0.244 e. The molecule has 20 heavy (non-hydrogen) atoms. The van der Waals surface area contributed by atoms with E-state index in [2.05, 4.69) is 5.10 Å². The number of aromatic nitrogens is 2. The fourth-order valence-corrected chi connectivity index (χ4v) is 4.44. The van der Waals surface area contributed by atoms with Crippen molar-refractivity contribution in [3.63, 3.8) is 0 Å². The molecule has 2 rings (SSSR count). The zero-order valence-corrected chi connectivity index (χ0v) is 13.0. The average molecular weight is 299 g/mol. The van der Waals surface area contributed by atoms with Crippen molar-refractivity contribution in [1.29, 1.82) is 0 Å². The van der Waals surface area contributed by atoms with E-state index in [1.165, 1.54) is 0 Å². The van der Waals surface area contributed by atoms with Crippen LogP contribution < -0.4 is 0 Å². The number of rotatable bonds is 4. The largest absolute Gasteiger partial charge is 0.337 e. The van der Waals surface area contributed by atoms with Crippen LogP contribution in [-0.4, -0.2) is 53.1 Å². The standard InChI is InChI=1S/C13H21N3O3S/c1-4-15(12-5-6-20(18,19)9-12)13(17)8-16-11(3)7-10(2)14-16/h7,12H,4-6,8-9H2,1-3H3. The number of hydrogen-bond donors (Lipinski definition) is 0. The maximum absolute atomic E-state index is 12.4. The second kappa shape index (κ2) is 5.55. The number of amides is 1. The van der Waals surface area contributed by atoms with Crippen molar-refractivity contribution < 1.29 is 13.2 Å². The molecule has 1 amide bonds. The first kappa shape index (κ1) is 15.0. The van der Waals surface area contributed by atoms with E-state index in [1.54, 1.807) is 9.58 Å². The monoisotopic (exact) mass is 299 g/mol. The average Bonchev–Trinajstić information content (AvgIpc) is 2.83. The molecule has 1 saturated heterocycles. The van der Waals surface area contributed by atoms with Gasteiger partial charge in [0.15, 0.2) is 9.84 Å². The van der Waals surface area contributed by atoms with E-state index in [0.29, 0.717) is 13.0 Å². The number of carbonyl (C=O) groups is 1. The number of likely N-dealkylation sites (N-methyl/N-ethyl adjacent to an activating group) is 1. The molecule has 1 aromatic heterocycles. The summed E-state index contributed by atoms with van der Waals surface area (Å²) < 4.78 is 24.8. The molecule has 7 heteroatoms. The van der Waals surface area contributed by atoms with Gasteiger partial charge >= 0.3 is 0 Å². The van der Waals surface area contributed by atoms with Crippen molar-refractivity contribution in [2.45, 2.75) is 39.8 Å². The molecule has 0 radical (unpaired) electrons. The summed E-state index contributed by atoms with van der Waals surface area (Å²) in [7, 11) is -2.98. The van der Waals surface area contributed by atoms with E-state index in [-0.39, 0.29) is 30.0 Å². The van der Waals surface area contributed by atoms with Gasteiger partial charge in [0.05, 0.1) is 17.2 Å². The fraction of sp³-hybridized carbons (Fsp3) is 0.692. The highest BCUT2D eigenvalue weighted by Crippen LogP contribution is 2.18. The zero-order valence-electron chi connectivity index (χ0n) is 12.2. The first-order valence-corrected chi connectivity index (χ1v) is 8.65.